The molecule has 0 atom stereocenters. The van der Waals surface area contributed by atoms with E-state index in [2.05, 4.69) is 17.1 Å². The molecule has 0 aliphatic heterocycles. The molecular formula is C19H24N2O2. The summed E-state index contributed by atoms with van der Waals surface area (Å²) in [5.41, 5.74) is 2.39. The van der Waals surface area contributed by atoms with Gasteiger partial charge in [0.25, 0.3) is 5.91 Å². The summed E-state index contributed by atoms with van der Waals surface area (Å²) in [5.74, 6) is 0.616. The largest absolute Gasteiger partial charge is 0.484 e. The number of rotatable bonds is 8. The highest BCUT2D eigenvalue weighted by atomic mass is 16.5. The molecule has 2 rings (SSSR count). The molecule has 0 spiro atoms. The van der Waals surface area contributed by atoms with Crippen LogP contribution in [0.15, 0.2) is 54.6 Å². The van der Waals surface area contributed by atoms with Crippen molar-refractivity contribution in [2.45, 2.75) is 13.3 Å². The number of ether oxygens (including phenoxy) is 1. The minimum Gasteiger partial charge on any atom is -0.484 e. The summed E-state index contributed by atoms with van der Waals surface area (Å²) in [6.07, 6.45) is 0.996. The van der Waals surface area contributed by atoms with Crippen LogP contribution in [0.25, 0.3) is 0 Å². The quantitative estimate of drug-likeness (QED) is 0.815. The zero-order valence-electron chi connectivity index (χ0n) is 13.8. The molecular weight excluding hydrogens is 288 g/mol. The van der Waals surface area contributed by atoms with Crippen molar-refractivity contribution in [3.05, 3.63) is 60.2 Å². The number of aryl methyl sites for hydroxylation is 1. The first-order valence-electron chi connectivity index (χ1n) is 7.93. The van der Waals surface area contributed by atoms with Crippen molar-refractivity contribution in [3.8, 4) is 5.75 Å². The molecule has 0 heterocycles. The zero-order chi connectivity index (χ0) is 16.5. The van der Waals surface area contributed by atoms with Gasteiger partial charge >= 0.3 is 0 Å². The highest BCUT2D eigenvalue weighted by Crippen LogP contribution is 2.12. The lowest BCUT2D eigenvalue weighted by atomic mass is 10.2. The van der Waals surface area contributed by atoms with E-state index in [1.165, 1.54) is 5.56 Å². The summed E-state index contributed by atoms with van der Waals surface area (Å²) < 4.78 is 5.48. The minimum atomic E-state index is -0.106. The van der Waals surface area contributed by atoms with Gasteiger partial charge in [-0.3, -0.25) is 4.79 Å². The third kappa shape index (κ3) is 5.66. The Morgan fingerprint density at radius 2 is 1.78 bits per heavy atom. The second-order valence-corrected chi connectivity index (χ2v) is 5.39. The van der Waals surface area contributed by atoms with Crippen LogP contribution in [0.3, 0.4) is 0 Å². The van der Waals surface area contributed by atoms with E-state index in [0.29, 0.717) is 6.54 Å². The van der Waals surface area contributed by atoms with Gasteiger partial charge in [-0.2, -0.15) is 0 Å². The summed E-state index contributed by atoms with van der Waals surface area (Å²) >= 11 is 0. The lowest BCUT2D eigenvalue weighted by Crippen LogP contribution is -2.35. The van der Waals surface area contributed by atoms with Crippen LogP contribution >= 0.6 is 0 Å². The average Bonchev–Trinajstić information content (AvgIpc) is 2.61. The third-order valence-electron chi connectivity index (χ3n) is 3.67. The maximum Gasteiger partial charge on any atom is 0.258 e. The van der Waals surface area contributed by atoms with Crippen LogP contribution in [-0.4, -0.2) is 32.7 Å². The summed E-state index contributed by atoms with van der Waals surface area (Å²) in [7, 11) is 2.01. The average molecular weight is 312 g/mol. The molecule has 0 unspecified atom stereocenters. The van der Waals surface area contributed by atoms with E-state index < -0.39 is 0 Å². The van der Waals surface area contributed by atoms with Crippen molar-refractivity contribution in [3.63, 3.8) is 0 Å². The van der Waals surface area contributed by atoms with Gasteiger partial charge in [-0.1, -0.05) is 37.3 Å². The monoisotopic (exact) mass is 312 g/mol. The number of likely N-dealkylation sites (N-methyl/N-ethyl adjacent to an activating group) is 1. The smallest absolute Gasteiger partial charge is 0.258 e. The van der Waals surface area contributed by atoms with Gasteiger partial charge in [-0.05, 0) is 36.2 Å². The normalized spacial score (nSPS) is 10.2. The Bertz CT molecular complexity index is 597. The van der Waals surface area contributed by atoms with Gasteiger partial charge in [0.15, 0.2) is 6.61 Å². The number of benzene rings is 2. The Labute approximate surface area is 138 Å². The van der Waals surface area contributed by atoms with Crippen molar-refractivity contribution in [1.29, 1.82) is 0 Å². The Kier molecular flexibility index (Phi) is 6.48. The third-order valence-corrected chi connectivity index (χ3v) is 3.67. The second kappa shape index (κ2) is 8.83. The lowest BCUT2D eigenvalue weighted by molar-refractivity contribution is -0.123. The fraction of sp³-hybridized carbons (Fsp3) is 0.316. The van der Waals surface area contributed by atoms with Gasteiger partial charge in [-0.25, -0.2) is 0 Å². The molecule has 1 amide bonds. The first-order chi connectivity index (χ1) is 11.2. The number of anilines is 1. The van der Waals surface area contributed by atoms with Crippen LogP contribution in [0.1, 0.15) is 12.5 Å². The Morgan fingerprint density at radius 3 is 2.43 bits per heavy atom. The molecule has 0 aliphatic carbocycles. The van der Waals surface area contributed by atoms with Crippen LogP contribution in [0, 0.1) is 0 Å². The number of hydrogen-bond donors (Lipinski definition) is 1. The fourth-order valence-electron chi connectivity index (χ4n) is 2.20. The summed E-state index contributed by atoms with van der Waals surface area (Å²) in [6.45, 7) is 3.49. The number of para-hydroxylation sites is 1. The molecule has 0 fully saturated rings. The topological polar surface area (TPSA) is 41.6 Å². The van der Waals surface area contributed by atoms with Crippen LogP contribution < -0.4 is 15.0 Å². The molecule has 0 saturated heterocycles. The summed E-state index contributed by atoms with van der Waals surface area (Å²) in [4.78, 5) is 13.9. The highest BCUT2D eigenvalue weighted by molar-refractivity contribution is 5.77. The number of nitrogens with zero attached hydrogens (tertiary/aromatic N) is 1. The first-order valence-corrected chi connectivity index (χ1v) is 7.93. The van der Waals surface area contributed by atoms with E-state index in [4.69, 9.17) is 4.74 Å². The number of carbonyl (C=O) groups excluding carboxylic acids is 1. The minimum absolute atomic E-state index is 0.0422. The molecule has 1 N–H and O–H groups in total. The molecule has 2 aromatic rings. The molecule has 2 aromatic carbocycles. The number of nitrogens with one attached hydrogen (secondary N) is 1. The molecule has 122 valence electrons. The zero-order valence-corrected chi connectivity index (χ0v) is 13.8. The Hall–Kier alpha value is -2.49. The molecule has 0 aromatic heterocycles. The van der Waals surface area contributed by atoms with E-state index in [-0.39, 0.29) is 12.5 Å². The second-order valence-electron chi connectivity index (χ2n) is 5.39. The van der Waals surface area contributed by atoms with Gasteiger partial charge in [0.1, 0.15) is 5.75 Å². The molecule has 0 radical (unpaired) electrons. The van der Waals surface area contributed by atoms with Crippen LogP contribution in [0.4, 0.5) is 5.69 Å². The molecule has 0 saturated carbocycles. The van der Waals surface area contributed by atoms with Crippen molar-refractivity contribution < 1.29 is 9.53 Å². The maximum absolute atomic E-state index is 11.8. The SMILES string of the molecule is CCc1ccc(OCC(=O)NCCN(C)c2ccccc2)cc1. The van der Waals surface area contributed by atoms with Gasteiger partial charge < -0.3 is 15.0 Å². The molecule has 4 nitrogen and oxygen atoms in total. The van der Waals surface area contributed by atoms with Crippen LogP contribution in [-0.2, 0) is 11.2 Å². The van der Waals surface area contributed by atoms with E-state index in [0.717, 1.165) is 24.4 Å². The molecule has 4 heteroatoms. The number of carbonyl (C=O) groups is 1. The highest BCUT2D eigenvalue weighted by Gasteiger charge is 2.04. The molecule has 0 aliphatic rings. The molecule has 0 bridgehead atoms. The van der Waals surface area contributed by atoms with Gasteiger partial charge in [0.05, 0.1) is 0 Å². The van der Waals surface area contributed by atoms with Gasteiger partial charge in [-0.15, -0.1) is 0 Å². The predicted molar refractivity (Wildman–Crippen MR) is 94.0 cm³/mol. The predicted octanol–water partition coefficient (Wildman–Crippen LogP) is 2.88. The molecule has 23 heavy (non-hydrogen) atoms. The fourth-order valence-corrected chi connectivity index (χ4v) is 2.20. The summed E-state index contributed by atoms with van der Waals surface area (Å²) in [5, 5.41) is 2.87. The van der Waals surface area contributed by atoms with E-state index in [1.54, 1.807) is 0 Å². The van der Waals surface area contributed by atoms with Crippen molar-refractivity contribution >= 4 is 11.6 Å². The van der Waals surface area contributed by atoms with Crippen LogP contribution in [0.2, 0.25) is 0 Å². The van der Waals surface area contributed by atoms with Gasteiger partial charge in [0, 0.05) is 25.8 Å². The maximum atomic E-state index is 11.8. The Morgan fingerprint density at radius 1 is 1.09 bits per heavy atom. The Balaban J connectivity index is 1.66. The van der Waals surface area contributed by atoms with Crippen molar-refractivity contribution in [2.24, 2.45) is 0 Å². The standard InChI is InChI=1S/C19H24N2O2/c1-3-16-9-11-18(12-10-16)23-15-19(22)20-13-14-21(2)17-7-5-4-6-8-17/h4-12H,3,13-15H2,1-2H3,(H,20,22). The lowest BCUT2D eigenvalue weighted by Gasteiger charge is -2.19. The number of hydrogen-bond acceptors (Lipinski definition) is 3. The van der Waals surface area contributed by atoms with Crippen molar-refractivity contribution in [1.82, 2.24) is 5.32 Å². The van der Waals surface area contributed by atoms with Crippen LogP contribution in [0.5, 0.6) is 5.75 Å². The van der Waals surface area contributed by atoms with E-state index in [1.807, 2.05) is 61.6 Å². The summed E-state index contributed by atoms with van der Waals surface area (Å²) in [6, 6.07) is 17.9. The van der Waals surface area contributed by atoms with Crippen molar-refractivity contribution in [2.75, 3.05) is 31.6 Å². The van der Waals surface area contributed by atoms with Gasteiger partial charge in [0.2, 0.25) is 0 Å². The first kappa shape index (κ1) is 16.9. The van der Waals surface area contributed by atoms with E-state index >= 15 is 0 Å². The van der Waals surface area contributed by atoms with E-state index in [9.17, 15) is 4.79 Å². The number of amides is 1.